The fraction of sp³-hybridized carbons (Fsp3) is 0.333. The Morgan fingerprint density at radius 2 is 1.95 bits per heavy atom. The summed E-state index contributed by atoms with van der Waals surface area (Å²) in [5.74, 6) is 2.47. The van der Waals surface area contributed by atoms with E-state index in [1.54, 1.807) is 6.07 Å². The van der Waals surface area contributed by atoms with Crippen molar-refractivity contribution in [1.29, 1.82) is 0 Å². The number of nitrogens with zero attached hydrogens (tertiary/aromatic N) is 2. The number of ether oxygens (including phenoxy) is 1. The van der Waals surface area contributed by atoms with Crippen LogP contribution < -0.4 is 10.5 Å². The Labute approximate surface area is 112 Å². The van der Waals surface area contributed by atoms with Gasteiger partial charge in [-0.1, -0.05) is 43.2 Å². The van der Waals surface area contributed by atoms with E-state index < -0.39 is 0 Å². The largest absolute Gasteiger partial charge is 0.478 e. The van der Waals surface area contributed by atoms with E-state index in [0.717, 1.165) is 17.9 Å². The number of aromatic nitrogens is 2. The summed E-state index contributed by atoms with van der Waals surface area (Å²) in [6, 6.07) is 11.5. The molecule has 1 aliphatic rings. The zero-order valence-electron chi connectivity index (χ0n) is 10.7. The molecule has 1 saturated carbocycles. The van der Waals surface area contributed by atoms with Gasteiger partial charge in [0, 0.05) is 11.6 Å². The zero-order valence-corrected chi connectivity index (χ0v) is 10.7. The van der Waals surface area contributed by atoms with Crippen LogP contribution in [-0.4, -0.2) is 16.6 Å². The van der Waals surface area contributed by atoms with Crippen molar-refractivity contribution in [2.24, 2.45) is 5.92 Å². The lowest BCUT2D eigenvalue weighted by Crippen LogP contribution is -2.03. The minimum absolute atomic E-state index is 0.440. The van der Waals surface area contributed by atoms with Gasteiger partial charge in [0.2, 0.25) is 5.88 Å². The second-order valence-electron chi connectivity index (χ2n) is 4.90. The van der Waals surface area contributed by atoms with Gasteiger partial charge in [-0.25, -0.2) is 4.98 Å². The van der Waals surface area contributed by atoms with E-state index in [2.05, 4.69) is 9.97 Å². The summed E-state index contributed by atoms with van der Waals surface area (Å²) in [6.07, 6.45) is 3.78. The van der Waals surface area contributed by atoms with Gasteiger partial charge in [0.15, 0.2) is 5.82 Å². The first kappa shape index (κ1) is 12.0. The molecule has 1 heterocycles. The molecule has 1 aromatic carbocycles. The quantitative estimate of drug-likeness (QED) is 0.892. The van der Waals surface area contributed by atoms with Crippen LogP contribution in [0.3, 0.4) is 0 Å². The van der Waals surface area contributed by atoms with Crippen LogP contribution in [0.5, 0.6) is 5.88 Å². The zero-order chi connectivity index (χ0) is 13.1. The molecule has 0 amide bonds. The Morgan fingerprint density at radius 3 is 2.68 bits per heavy atom. The first-order chi connectivity index (χ1) is 9.31. The maximum atomic E-state index is 5.81. The van der Waals surface area contributed by atoms with Crippen LogP contribution in [0.2, 0.25) is 0 Å². The molecule has 0 bridgehead atoms. The molecule has 0 saturated heterocycles. The fourth-order valence-corrected chi connectivity index (χ4v) is 1.97. The molecule has 4 heteroatoms. The number of hydrogen-bond acceptors (Lipinski definition) is 4. The van der Waals surface area contributed by atoms with Crippen LogP contribution in [0, 0.1) is 5.92 Å². The average Bonchev–Trinajstić information content (AvgIpc) is 3.23. The normalized spacial score (nSPS) is 14.3. The Morgan fingerprint density at radius 1 is 1.16 bits per heavy atom. The number of nitrogens with two attached hydrogens (primary N) is 1. The lowest BCUT2D eigenvalue weighted by atomic mass is 10.2. The van der Waals surface area contributed by atoms with Gasteiger partial charge in [-0.3, -0.25) is 0 Å². The van der Waals surface area contributed by atoms with Crippen molar-refractivity contribution in [3.8, 4) is 17.3 Å². The third-order valence-corrected chi connectivity index (χ3v) is 3.23. The molecular formula is C15H17N3O. The third-order valence-electron chi connectivity index (χ3n) is 3.23. The van der Waals surface area contributed by atoms with E-state index in [0.29, 0.717) is 24.1 Å². The molecule has 1 aliphatic carbocycles. The molecule has 0 unspecified atom stereocenters. The van der Waals surface area contributed by atoms with Crippen LogP contribution >= 0.6 is 0 Å². The second kappa shape index (κ2) is 5.26. The highest BCUT2D eigenvalue weighted by molar-refractivity contribution is 5.57. The van der Waals surface area contributed by atoms with Gasteiger partial charge in [-0.2, -0.15) is 4.98 Å². The lowest BCUT2D eigenvalue weighted by molar-refractivity contribution is 0.291. The maximum absolute atomic E-state index is 5.81. The number of nitrogen functional groups attached to an aromatic ring is 1. The van der Waals surface area contributed by atoms with Crippen molar-refractivity contribution in [3.05, 3.63) is 36.4 Å². The van der Waals surface area contributed by atoms with Crippen molar-refractivity contribution >= 4 is 5.82 Å². The van der Waals surface area contributed by atoms with Gasteiger partial charge in [0.25, 0.3) is 0 Å². The smallest absolute Gasteiger partial charge is 0.219 e. The average molecular weight is 255 g/mol. The third kappa shape index (κ3) is 3.22. The van der Waals surface area contributed by atoms with Gasteiger partial charge in [-0.05, 0) is 12.3 Å². The van der Waals surface area contributed by atoms with Crippen LogP contribution in [0.25, 0.3) is 11.4 Å². The van der Waals surface area contributed by atoms with Crippen molar-refractivity contribution in [1.82, 2.24) is 9.97 Å². The lowest BCUT2D eigenvalue weighted by Gasteiger charge is -2.07. The Hall–Kier alpha value is -2.10. The summed E-state index contributed by atoms with van der Waals surface area (Å²) < 4.78 is 5.67. The summed E-state index contributed by atoms with van der Waals surface area (Å²) in [6.45, 7) is 0.704. The molecule has 0 atom stereocenters. The van der Waals surface area contributed by atoms with E-state index >= 15 is 0 Å². The standard InChI is InChI=1S/C15H17N3O/c16-13-10-14(19-9-8-11-6-7-11)18-15(17-13)12-4-2-1-3-5-12/h1-5,10-11H,6-9H2,(H2,16,17,18). The Bertz CT molecular complexity index is 553. The van der Waals surface area contributed by atoms with Crippen LogP contribution in [-0.2, 0) is 0 Å². The van der Waals surface area contributed by atoms with E-state index in [-0.39, 0.29) is 0 Å². The first-order valence-corrected chi connectivity index (χ1v) is 6.64. The summed E-state index contributed by atoms with van der Waals surface area (Å²) in [5, 5.41) is 0. The highest BCUT2D eigenvalue weighted by Gasteiger charge is 2.20. The molecule has 0 spiro atoms. The minimum atomic E-state index is 0.440. The predicted molar refractivity (Wildman–Crippen MR) is 74.7 cm³/mol. The first-order valence-electron chi connectivity index (χ1n) is 6.64. The van der Waals surface area contributed by atoms with Gasteiger partial charge < -0.3 is 10.5 Å². The molecule has 19 heavy (non-hydrogen) atoms. The predicted octanol–water partition coefficient (Wildman–Crippen LogP) is 2.90. The molecule has 0 aliphatic heterocycles. The SMILES string of the molecule is Nc1cc(OCCC2CC2)nc(-c2ccccc2)n1. The van der Waals surface area contributed by atoms with Crippen LogP contribution in [0.1, 0.15) is 19.3 Å². The van der Waals surface area contributed by atoms with Crippen molar-refractivity contribution < 1.29 is 4.74 Å². The summed E-state index contributed by atoms with van der Waals surface area (Å²) in [5.41, 5.74) is 6.76. The molecule has 1 fully saturated rings. The van der Waals surface area contributed by atoms with E-state index in [1.165, 1.54) is 12.8 Å². The number of hydrogen-bond donors (Lipinski definition) is 1. The van der Waals surface area contributed by atoms with E-state index in [9.17, 15) is 0 Å². The van der Waals surface area contributed by atoms with Crippen LogP contribution in [0.4, 0.5) is 5.82 Å². The van der Waals surface area contributed by atoms with E-state index in [1.807, 2.05) is 30.3 Å². The molecular weight excluding hydrogens is 238 g/mol. The fourth-order valence-electron chi connectivity index (χ4n) is 1.97. The minimum Gasteiger partial charge on any atom is -0.478 e. The number of rotatable bonds is 5. The van der Waals surface area contributed by atoms with Gasteiger partial charge in [0.05, 0.1) is 6.61 Å². The summed E-state index contributed by atoms with van der Waals surface area (Å²) >= 11 is 0. The topological polar surface area (TPSA) is 61.0 Å². The van der Waals surface area contributed by atoms with Crippen molar-refractivity contribution in [2.45, 2.75) is 19.3 Å². The van der Waals surface area contributed by atoms with Crippen molar-refractivity contribution in [3.63, 3.8) is 0 Å². The monoisotopic (exact) mass is 255 g/mol. The Kier molecular flexibility index (Phi) is 3.31. The molecule has 4 nitrogen and oxygen atoms in total. The number of benzene rings is 1. The molecule has 3 rings (SSSR count). The van der Waals surface area contributed by atoms with Gasteiger partial charge in [-0.15, -0.1) is 0 Å². The molecule has 98 valence electrons. The van der Waals surface area contributed by atoms with Crippen LogP contribution in [0.15, 0.2) is 36.4 Å². The molecule has 0 radical (unpaired) electrons. The highest BCUT2D eigenvalue weighted by atomic mass is 16.5. The number of anilines is 1. The second-order valence-corrected chi connectivity index (χ2v) is 4.90. The van der Waals surface area contributed by atoms with E-state index in [4.69, 9.17) is 10.5 Å². The maximum Gasteiger partial charge on any atom is 0.219 e. The van der Waals surface area contributed by atoms with Gasteiger partial charge in [0.1, 0.15) is 5.82 Å². The Balaban J connectivity index is 1.75. The molecule has 2 aromatic rings. The van der Waals surface area contributed by atoms with Gasteiger partial charge >= 0.3 is 0 Å². The summed E-state index contributed by atoms with van der Waals surface area (Å²) in [7, 11) is 0. The summed E-state index contributed by atoms with van der Waals surface area (Å²) in [4.78, 5) is 8.65. The molecule has 1 aromatic heterocycles. The highest BCUT2D eigenvalue weighted by Crippen LogP contribution is 2.32. The van der Waals surface area contributed by atoms with Crippen molar-refractivity contribution in [2.75, 3.05) is 12.3 Å². The molecule has 2 N–H and O–H groups in total.